The van der Waals surface area contributed by atoms with Gasteiger partial charge in [-0.15, -0.1) is 0 Å². The predicted octanol–water partition coefficient (Wildman–Crippen LogP) is 3.66. The number of carbonyl (C=O) groups is 2. The first-order chi connectivity index (χ1) is 10.8. The number of amides is 1. The van der Waals surface area contributed by atoms with Crippen molar-refractivity contribution in [2.45, 2.75) is 0 Å². The van der Waals surface area contributed by atoms with Crippen LogP contribution in [-0.2, 0) is 0 Å². The van der Waals surface area contributed by atoms with E-state index in [1.165, 1.54) is 25.3 Å². The second-order valence-electron chi connectivity index (χ2n) is 4.43. The van der Waals surface area contributed by atoms with Gasteiger partial charge < -0.3 is 20.3 Å². The third-order valence-electron chi connectivity index (χ3n) is 2.98. The van der Waals surface area contributed by atoms with E-state index in [0.29, 0.717) is 0 Å². The van der Waals surface area contributed by atoms with Gasteiger partial charge in [0, 0.05) is 0 Å². The molecule has 120 valence electrons. The number of carboxylic acids is 1. The van der Waals surface area contributed by atoms with Crippen molar-refractivity contribution < 1.29 is 24.5 Å². The van der Waals surface area contributed by atoms with E-state index < -0.39 is 11.9 Å². The molecule has 0 spiro atoms. The van der Waals surface area contributed by atoms with Gasteiger partial charge in [-0.3, -0.25) is 4.79 Å². The number of carboxylic acid groups (broad SMARTS) is 1. The molecule has 6 nitrogen and oxygen atoms in total. The maximum Gasteiger partial charge on any atom is 0.335 e. The number of halogens is 2. The molecule has 0 aliphatic heterocycles. The Hall–Kier alpha value is -2.44. The molecule has 0 heterocycles. The van der Waals surface area contributed by atoms with Crippen molar-refractivity contribution in [2.24, 2.45) is 0 Å². The number of aromatic hydroxyl groups is 1. The first kappa shape index (κ1) is 16.9. The summed E-state index contributed by atoms with van der Waals surface area (Å²) in [4.78, 5) is 23.4. The van der Waals surface area contributed by atoms with Gasteiger partial charge in [0.25, 0.3) is 5.91 Å². The first-order valence-electron chi connectivity index (χ1n) is 6.24. The van der Waals surface area contributed by atoms with Crippen LogP contribution in [0, 0.1) is 0 Å². The van der Waals surface area contributed by atoms with Crippen molar-refractivity contribution in [1.29, 1.82) is 0 Å². The smallest absolute Gasteiger partial charge is 0.335 e. The molecular weight excluding hydrogens is 345 g/mol. The first-order valence-corrected chi connectivity index (χ1v) is 7.00. The Balaban J connectivity index is 2.43. The van der Waals surface area contributed by atoms with Crippen molar-refractivity contribution in [1.82, 2.24) is 0 Å². The molecule has 3 N–H and O–H groups in total. The standard InChI is InChI=1S/C15H11Cl2NO5/c1-23-13-9(17)4-3-8(16)12(13)14(20)18-10-6-7(15(21)22)2-5-11(10)19/h2-6,19H,1H3,(H,18,20)(H,21,22). The lowest BCUT2D eigenvalue weighted by Gasteiger charge is -2.13. The van der Waals surface area contributed by atoms with Crippen LogP contribution in [0.5, 0.6) is 11.5 Å². The molecule has 0 saturated carbocycles. The Kier molecular flexibility index (Phi) is 4.98. The van der Waals surface area contributed by atoms with E-state index in [-0.39, 0.29) is 38.4 Å². The van der Waals surface area contributed by atoms with Crippen molar-refractivity contribution in [2.75, 3.05) is 12.4 Å². The number of phenolic OH excluding ortho intramolecular Hbond substituents is 1. The minimum absolute atomic E-state index is 0.0261. The molecule has 0 bridgehead atoms. The lowest BCUT2D eigenvalue weighted by Crippen LogP contribution is -2.14. The summed E-state index contributed by atoms with van der Waals surface area (Å²) >= 11 is 12.0. The van der Waals surface area contributed by atoms with Crippen LogP contribution in [0.4, 0.5) is 5.69 Å². The number of anilines is 1. The highest BCUT2D eigenvalue weighted by molar-refractivity contribution is 6.37. The molecule has 2 aromatic carbocycles. The van der Waals surface area contributed by atoms with E-state index in [9.17, 15) is 14.7 Å². The summed E-state index contributed by atoms with van der Waals surface area (Å²) in [5, 5.41) is 21.4. The molecule has 0 aliphatic rings. The normalized spacial score (nSPS) is 10.2. The third-order valence-corrected chi connectivity index (χ3v) is 3.59. The van der Waals surface area contributed by atoms with Crippen molar-refractivity contribution in [3.63, 3.8) is 0 Å². The summed E-state index contributed by atoms with van der Waals surface area (Å²) in [7, 11) is 1.33. The van der Waals surface area contributed by atoms with E-state index >= 15 is 0 Å². The fraction of sp³-hybridized carbons (Fsp3) is 0.0667. The summed E-state index contributed by atoms with van der Waals surface area (Å²) in [5.74, 6) is -2.11. The lowest BCUT2D eigenvalue weighted by molar-refractivity contribution is 0.0696. The zero-order chi connectivity index (χ0) is 17.1. The molecule has 2 rings (SSSR count). The summed E-state index contributed by atoms with van der Waals surface area (Å²) in [6.07, 6.45) is 0. The monoisotopic (exact) mass is 355 g/mol. The van der Waals surface area contributed by atoms with Gasteiger partial charge in [0.1, 0.15) is 11.3 Å². The minimum Gasteiger partial charge on any atom is -0.506 e. The Morgan fingerprint density at radius 3 is 2.39 bits per heavy atom. The summed E-state index contributed by atoms with van der Waals surface area (Å²) in [6.45, 7) is 0. The average Bonchev–Trinajstić information content (AvgIpc) is 2.50. The fourth-order valence-corrected chi connectivity index (χ4v) is 2.37. The number of benzene rings is 2. The van der Waals surface area contributed by atoms with Gasteiger partial charge >= 0.3 is 5.97 Å². The van der Waals surface area contributed by atoms with Gasteiger partial charge in [-0.1, -0.05) is 23.2 Å². The molecule has 0 radical (unpaired) electrons. The van der Waals surface area contributed by atoms with Gasteiger partial charge in [-0.2, -0.15) is 0 Å². The number of nitrogens with one attached hydrogen (secondary N) is 1. The van der Waals surface area contributed by atoms with Gasteiger partial charge in [0.15, 0.2) is 5.75 Å². The van der Waals surface area contributed by atoms with Crippen LogP contribution in [0.25, 0.3) is 0 Å². The number of carbonyl (C=O) groups excluding carboxylic acids is 1. The number of ether oxygens (including phenoxy) is 1. The molecule has 1 amide bonds. The van der Waals surface area contributed by atoms with Gasteiger partial charge in [0.05, 0.1) is 28.4 Å². The number of rotatable bonds is 4. The lowest BCUT2D eigenvalue weighted by atomic mass is 10.1. The van der Waals surface area contributed by atoms with Crippen molar-refractivity contribution in [3.05, 3.63) is 51.5 Å². The van der Waals surface area contributed by atoms with Crippen LogP contribution in [0.1, 0.15) is 20.7 Å². The Morgan fingerprint density at radius 1 is 1.13 bits per heavy atom. The number of methoxy groups -OCH3 is 1. The highest BCUT2D eigenvalue weighted by atomic mass is 35.5. The zero-order valence-electron chi connectivity index (χ0n) is 11.8. The Labute approximate surface area is 141 Å². The van der Waals surface area contributed by atoms with E-state index in [1.807, 2.05) is 0 Å². The number of phenols is 1. The molecule has 0 unspecified atom stereocenters. The molecule has 0 fully saturated rings. The molecule has 8 heteroatoms. The molecule has 0 aliphatic carbocycles. The molecule has 0 atom stereocenters. The highest BCUT2D eigenvalue weighted by Crippen LogP contribution is 2.35. The SMILES string of the molecule is COc1c(Cl)ccc(Cl)c1C(=O)Nc1cc(C(=O)O)ccc1O. The summed E-state index contributed by atoms with van der Waals surface area (Å²) in [6, 6.07) is 6.40. The Morgan fingerprint density at radius 2 is 1.78 bits per heavy atom. The topological polar surface area (TPSA) is 95.9 Å². The van der Waals surface area contributed by atoms with Crippen molar-refractivity contribution >= 4 is 40.8 Å². The van der Waals surface area contributed by atoms with Crippen LogP contribution in [0.15, 0.2) is 30.3 Å². The molecule has 0 aromatic heterocycles. The second-order valence-corrected chi connectivity index (χ2v) is 5.24. The van der Waals surface area contributed by atoms with E-state index in [0.717, 1.165) is 12.1 Å². The second kappa shape index (κ2) is 6.76. The van der Waals surface area contributed by atoms with Crippen molar-refractivity contribution in [3.8, 4) is 11.5 Å². The maximum absolute atomic E-state index is 12.4. The summed E-state index contributed by atoms with van der Waals surface area (Å²) in [5.41, 5.74) is -0.197. The predicted molar refractivity (Wildman–Crippen MR) is 86.0 cm³/mol. The quantitative estimate of drug-likeness (QED) is 0.727. The van der Waals surface area contributed by atoms with Gasteiger partial charge in [0.2, 0.25) is 0 Å². The number of aromatic carboxylic acids is 1. The van der Waals surface area contributed by atoms with Crippen LogP contribution < -0.4 is 10.1 Å². The third kappa shape index (κ3) is 3.49. The van der Waals surface area contributed by atoms with Crippen LogP contribution in [0.2, 0.25) is 10.0 Å². The fourth-order valence-electron chi connectivity index (χ4n) is 1.90. The highest BCUT2D eigenvalue weighted by Gasteiger charge is 2.21. The maximum atomic E-state index is 12.4. The van der Waals surface area contributed by atoms with Crippen LogP contribution in [-0.4, -0.2) is 29.2 Å². The Bertz CT molecular complexity index is 792. The zero-order valence-corrected chi connectivity index (χ0v) is 13.3. The largest absolute Gasteiger partial charge is 0.506 e. The van der Waals surface area contributed by atoms with E-state index in [4.69, 9.17) is 33.0 Å². The minimum atomic E-state index is -1.20. The molecule has 23 heavy (non-hydrogen) atoms. The average molecular weight is 356 g/mol. The van der Waals surface area contributed by atoms with E-state index in [1.54, 1.807) is 0 Å². The molecule has 0 saturated heterocycles. The van der Waals surface area contributed by atoms with Crippen LogP contribution in [0.3, 0.4) is 0 Å². The number of hydrogen-bond acceptors (Lipinski definition) is 4. The number of hydrogen-bond donors (Lipinski definition) is 3. The molecule has 2 aromatic rings. The van der Waals surface area contributed by atoms with Crippen LogP contribution >= 0.6 is 23.2 Å². The van der Waals surface area contributed by atoms with E-state index in [2.05, 4.69) is 5.32 Å². The van der Waals surface area contributed by atoms with Gasteiger partial charge in [-0.05, 0) is 30.3 Å². The summed E-state index contributed by atoms with van der Waals surface area (Å²) < 4.78 is 5.07. The van der Waals surface area contributed by atoms with Gasteiger partial charge in [-0.25, -0.2) is 4.79 Å². The molecular formula is C15H11Cl2NO5.